The highest BCUT2D eigenvalue weighted by Gasteiger charge is 2.13. The van der Waals surface area contributed by atoms with Crippen LogP contribution in [0.4, 0.5) is 16.2 Å². The van der Waals surface area contributed by atoms with Gasteiger partial charge in [0.2, 0.25) is 0 Å². The van der Waals surface area contributed by atoms with Gasteiger partial charge >= 0.3 is 6.03 Å². The predicted molar refractivity (Wildman–Crippen MR) is 126 cm³/mol. The molecule has 3 aromatic carbocycles. The molecule has 6 heteroatoms. The molecule has 0 radical (unpaired) electrons. The summed E-state index contributed by atoms with van der Waals surface area (Å²) < 4.78 is 0. The molecule has 0 saturated carbocycles. The number of nitrogens with zero attached hydrogens (tertiary/aromatic N) is 1. The number of carbonyl (C=O) groups is 2. The Balaban J connectivity index is 1.42. The Hall–Kier alpha value is -4.45. The van der Waals surface area contributed by atoms with Crippen LogP contribution < -0.4 is 16.0 Å². The van der Waals surface area contributed by atoms with Crippen LogP contribution in [0.2, 0.25) is 0 Å². The highest BCUT2D eigenvalue weighted by molar-refractivity contribution is 6.09. The van der Waals surface area contributed by atoms with E-state index in [0.717, 1.165) is 16.7 Å². The molecule has 3 amide bonds. The van der Waals surface area contributed by atoms with E-state index in [0.29, 0.717) is 23.5 Å². The fraction of sp³-hybridized carbons (Fsp3) is 0.0385. The third kappa shape index (κ3) is 5.37. The van der Waals surface area contributed by atoms with Crippen molar-refractivity contribution in [2.24, 2.45) is 0 Å². The highest BCUT2D eigenvalue weighted by Crippen LogP contribution is 2.25. The Bertz CT molecular complexity index is 1210. The van der Waals surface area contributed by atoms with Gasteiger partial charge in [0, 0.05) is 35.9 Å². The molecule has 4 rings (SSSR count). The first-order valence-electron chi connectivity index (χ1n) is 10.2. The lowest BCUT2D eigenvalue weighted by Gasteiger charge is -2.12. The van der Waals surface area contributed by atoms with E-state index in [1.807, 2.05) is 60.7 Å². The summed E-state index contributed by atoms with van der Waals surface area (Å²) in [4.78, 5) is 29.2. The Morgan fingerprint density at radius 1 is 0.719 bits per heavy atom. The second-order valence-corrected chi connectivity index (χ2v) is 7.11. The normalized spacial score (nSPS) is 10.2. The number of aromatic nitrogens is 1. The molecule has 0 aliphatic rings. The fourth-order valence-electron chi connectivity index (χ4n) is 3.28. The molecule has 158 valence electrons. The Morgan fingerprint density at radius 3 is 2.19 bits per heavy atom. The van der Waals surface area contributed by atoms with Crippen molar-refractivity contribution >= 4 is 23.3 Å². The minimum absolute atomic E-state index is 0.219. The minimum atomic E-state index is -0.334. The van der Waals surface area contributed by atoms with Crippen molar-refractivity contribution in [3.63, 3.8) is 0 Å². The molecule has 4 aromatic rings. The number of urea groups is 1. The van der Waals surface area contributed by atoms with E-state index in [2.05, 4.69) is 20.9 Å². The topological polar surface area (TPSA) is 83.1 Å². The SMILES string of the molecule is O=C(NCc1ccncc1)Nc1cccc(NC(=O)c2ccccc2-c2ccccc2)c1. The van der Waals surface area contributed by atoms with Crippen LogP contribution in [0.3, 0.4) is 0 Å². The lowest BCUT2D eigenvalue weighted by molar-refractivity contribution is 0.102. The number of amides is 3. The molecule has 3 N–H and O–H groups in total. The maximum absolute atomic E-state index is 13.0. The van der Waals surface area contributed by atoms with Crippen molar-refractivity contribution in [3.8, 4) is 11.1 Å². The zero-order valence-electron chi connectivity index (χ0n) is 17.3. The third-order valence-corrected chi connectivity index (χ3v) is 4.84. The van der Waals surface area contributed by atoms with Gasteiger partial charge < -0.3 is 16.0 Å². The summed E-state index contributed by atoms with van der Waals surface area (Å²) in [5, 5.41) is 8.50. The van der Waals surface area contributed by atoms with E-state index < -0.39 is 0 Å². The van der Waals surface area contributed by atoms with Crippen LogP contribution in [0.25, 0.3) is 11.1 Å². The van der Waals surface area contributed by atoms with Gasteiger partial charge in [0.1, 0.15) is 0 Å². The molecule has 1 heterocycles. The van der Waals surface area contributed by atoms with Gasteiger partial charge in [0.05, 0.1) is 0 Å². The third-order valence-electron chi connectivity index (χ3n) is 4.84. The minimum Gasteiger partial charge on any atom is -0.334 e. The van der Waals surface area contributed by atoms with E-state index in [1.54, 1.807) is 42.7 Å². The number of rotatable bonds is 6. The number of nitrogens with one attached hydrogen (secondary N) is 3. The van der Waals surface area contributed by atoms with Crippen LogP contribution in [-0.2, 0) is 6.54 Å². The number of pyridine rings is 1. The Kier molecular flexibility index (Phi) is 6.53. The molecule has 1 aromatic heterocycles. The summed E-state index contributed by atoms with van der Waals surface area (Å²) in [6.07, 6.45) is 3.36. The molecular weight excluding hydrogens is 400 g/mol. The van der Waals surface area contributed by atoms with Gasteiger partial charge in [-0.2, -0.15) is 0 Å². The largest absolute Gasteiger partial charge is 0.334 e. The molecule has 0 saturated heterocycles. The summed E-state index contributed by atoms with van der Waals surface area (Å²) in [7, 11) is 0. The lowest BCUT2D eigenvalue weighted by atomic mass is 9.99. The van der Waals surface area contributed by atoms with Crippen molar-refractivity contribution in [1.29, 1.82) is 0 Å². The molecule has 0 bridgehead atoms. The smallest absolute Gasteiger partial charge is 0.319 e. The predicted octanol–water partition coefficient (Wildman–Crippen LogP) is 5.32. The van der Waals surface area contributed by atoms with Crippen LogP contribution in [0.1, 0.15) is 15.9 Å². The van der Waals surface area contributed by atoms with E-state index in [1.165, 1.54) is 0 Å². The fourth-order valence-corrected chi connectivity index (χ4v) is 3.28. The quantitative estimate of drug-likeness (QED) is 0.393. The first-order valence-corrected chi connectivity index (χ1v) is 10.2. The van der Waals surface area contributed by atoms with E-state index in [-0.39, 0.29) is 11.9 Å². The van der Waals surface area contributed by atoms with Crippen molar-refractivity contribution in [1.82, 2.24) is 10.3 Å². The van der Waals surface area contributed by atoms with E-state index in [9.17, 15) is 9.59 Å². The summed E-state index contributed by atoms with van der Waals surface area (Å²) in [5.74, 6) is -0.219. The number of carbonyl (C=O) groups excluding carboxylic acids is 2. The zero-order valence-corrected chi connectivity index (χ0v) is 17.3. The average molecular weight is 422 g/mol. The average Bonchev–Trinajstić information content (AvgIpc) is 2.84. The summed E-state index contributed by atoms with van der Waals surface area (Å²) in [6.45, 7) is 0.390. The van der Waals surface area contributed by atoms with Crippen molar-refractivity contribution in [2.75, 3.05) is 10.6 Å². The molecule has 0 fully saturated rings. The van der Waals surface area contributed by atoms with Crippen LogP contribution in [-0.4, -0.2) is 16.9 Å². The number of benzene rings is 3. The van der Waals surface area contributed by atoms with Gasteiger partial charge in [-0.1, -0.05) is 54.6 Å². The van der Waals surface area contributed by atoms with Gasteiger partial charge in [0.25, 0.3) is 5.91 Å². The van der Waals surface area contributed by atoms with E-state index in [4.69, 9.17) is 0 Å². The lowest BCUT2D eigenvalue weighted by Crippen LogP contribution is -2.28. The second kappa shape index (κ2) is 10.0. The first-order chi connectivity index (χ1) is 15.7. The zero-order chi connectivity index (χ0) is 22.2. The standard InChI is InChI=1S/C26H22N4O2/c31-25(24-12-5-4-11-23(24)20-7-2-1-3-8-20)29-21-9-6-10-22(17-21)30-26(32)28-18-19-13-15-27-16-14-19/h1-17H,18H2,(H,29,31)(H2,28,30,32). The van der Waals surface area contributed by atoms with Crippen molar-refractivity contribution in [3.05, 3.63) is 115 Å². The molecular formula is C26H22N4O2. The maximum Gasteiger partial charge on any atom is 0.319 e. The maximum atomic E-state index is 13.0. The Labute approximate surface area is 186 Å². The van der Waals surface area contributed by atoms with Gasteiger partial charge in [-0.3, -0.25) is 9.78 Å². The molecule has 32 heavy (non-hydrogen) atoms. The summed E-state index contributed by atoms with van der Waals surface area (Å²) >= 11 is 0. The Morgan fingerprint density at radius 2 is 1.41 bits per heavy atom. The molecule has 0 atom stereocenters. The van der Waals surface area contributed by atoms with Crippen LogP contribution in [0.5, 0.6) is 0 Å². The van der Waals surface area contributed by atoms with Crippen molar-refractivity contribution in [2.45, 2.75) is 6.54 Å². The van der Waals surface area contributed by atoms with Crippen molar-refractivity contribution < 1.29 is 9.59 Å². The van der Waals surface area contributed by atoms with Crippen LogP contribution >= 0.6 is 0 Å². The van der Waals surface area contributed by atoms with Gasteiger partial charge in [0.15, 0.2) is 0 Å². The molecule has 0 spiro atoms. The van der Waals surface area contributed by atoms with Gasteiger partial charge in [-0.15, -0.1) is 0 Å². The number of anilines is 2. The molecule has 6 nitrogen and oxygen atoms in total. The monoisotopic (exact) mass is 422 g/mol. The van der Waals surface area contributed by atoms with Gasteiger partial charge in [-0.25, -0.2) is 4.79 Å². The van der Waals surface area contributed by atoms with E-state index >= 15 is 0 Å². The summed E-state index contributed by atoms with van der Waals surface area (Å²) in [6, 6.07) is 27.6. The van der Waals surface area contributed by atoms with Crippen LogP contribution in [0, 0.1) is 0 Å². The number of hydrogen-bond acceptors (Lipinski definition) is 3. The molecule has 0 unspecified atom stereocenters. The number of hydrogen-bond donors (Lipinski definition) is 3. The van der Waals surface area contributed by atoms with Gasteiger partial charge in [-0.05, 0) is 53.1 Å². The molecule has 0 aliphatic carbocycles. The first kappa shape index (κ1) is 20.8. The molecule has 0 aliphatic heterocycles. The highest BCUT2D eigenvalue weighted by atomic mass is 16.2. The second-order valence-electron chi connectivity index (χ2n) is 7.11. The summed E-state index contributed by atoms with van der Waals surface area (Å²) in [5.41, 5.74) is 4.52. The van der Waals surface area contributed by atoms with Crippen LogP contribution in [0.15, 0.2) is 103 Å².